The molecular weight excluding hydrogens is 910 g/mol. The van der Waals surface area contributed by atoms with E-state index in [1.165, 1.54) is 46.5 Å². The zero-order valence-corrected chi connectivity index (χ0v) is 39.9. The third kappa shape index (κ3) is 15.1. The summed E-state index contributed by atoms with van der Waals surface area (Å²) >= 11 is 1.20. The first-order chi connectivity index (χ1) is 33.4. The number of imide groups is 1. The van der Waals surface area contributed by atoms with Gasteiger partial charge in [-0.25, -0.2) is 9.37 Å². The van der Waals surface area contributed by atoms with Crippen molar-refractivity contribution in [2.45, 2.75) is 64.8 Å². The van der Waals surface area contributed by atoms with Crippen LogP contribution in [-0.4, -0.2) is 116 Å². The lowest BCUT2D eigenvalue weighted by molar-refractivity contribution is -0.136. The number of thiazole rings is 1. The van der Waals surface area contributed by atoms with Gasteiger partial charge in [0.05, 0.1) is 38.6 Å². The van der Waals surface area contributed by atoms with E-state index in [0.29, 0.717) is 68.6 Å². The van der Waals surface area contributed by atoms with Crippen LogP contribution in [0.1, 0.15) is 80.9 Å². The van der Waals surface area contributed by atoms with Crippen LogP contribution in [0.5, 0.6) is 5.75 Å². The summed E-state index contributed by atoms with van der Waals surface area (Å²) in [5, 5.41) is 6.99. The largest absolute Gasteiger partial charge is 0.491 e. The van der Waals surface area contributed by atoms with Gasteiger partial charge < -0.3 is 33.5 Å². The molecule has 5 amide bonds. The number of nitrogens with one attached hydrogen (secondary N) is 2. The molecule has 69 heavy (non-hydrogen) atoms. The van der Waals surface area contributed by atoms with Crippen molar-refractivity contribution < 1.29 is 56.8 Å². The predicted octanol–water partition coefficient (Wildman–Crippen LogP) is 7.02. The SMILES string of the molecule is C=C(F)/C=C(\C(=C)OCc1ccccc1)C(C(=O)Nc1nccs1)N1Cc2cccc(CCCOCCOCCOCCOc3ccc(C(=O)N(C)C4CCC(=O)NC4=O)c(C=O)c3)c2C1=O.CC. The number of hydrogen-bond acceptors (Lipinski definition) is 13. The molecule has 18 heteroatoms. The van der Waals surface area contributed by atoms with Gasteiger partial charge in [-0.15, -0.1) is 11.3 Å². The van der Waals surface area contributed by atoms with Crippen LogP contribution in [0.25, 0.3) is 0 Å². The molecule has 1 saturated heterocycles. The van der Waals surface area contributed by atoms with Crippen LogP contribution in [0.2, 0.25) is 0 Å². The fourth-order valence-electron chi connectivity index (χ4n) is 7.52. The Kier molecular flexibility index (Phi) is 20.9. The summed E-state index contributed by atoms with van der Waals surface area (Å²) in [6, 6.07) is 17.2. The van der Waals surface area contributed by atoms with Crippen LogP contribution in [0, 0.1) is 0 Å². The van der Waals surface area contributed by atoms with Gasteiger partial charge in [0.2, 0.25) is 11.8 Å². The van der Waals surface area contributed by atoms with E-state index in [-0.39, 0.29) is 67.6 Å². The van der Waals surface area contributed by atoms with Gasteiger partial charge in [0.15, 0.2) is 11.4 Å². The number of hydrogen-bond donors (Lipinski definition) is 2. The molecule has 2 aliphatic rings. The molecule has 0 aliphatic carbocycles. The van der Waals surface area contributed by atoms with E-state index in [9.17, 15) is 33.2 Å². The number of nitrogens with zero attached hydrogens (tertiary/aromatic N) is 3. The fourth-order valence-corrected chi connectivity index (χ4v) is 8.06. The number of allylic oxidation sites excluding steroid dienone is 2. The maximum absolute atomic E-state index is 14.6. The number of amides is 5. The second-order valence-electron chi connectivity index (χ2n) is 15.4. The Morgan fingerprint density at radius 2 is 1.68 bits per heavy atom. The Morgan fingerprint density at radius 3 is 2.35 bits per heavy atom. The molecule has 16 nitrogen and oxygen atoms in total. The Labute approximate surface area is 405 Å². The van der Waals surface area contributed by atoms with Crippen molar-refractivity contribution in [3.05, 3.63) is 148 Å². The molecule has 4 aromatic rings. The van der Waals surface area contributed by atoms with Gasteiger partial charge in [0.25, 0.3) is 17.7 Å². The molecule has 1 fully saturated rings. The molecule has 6 rings (SSSR count). The number of ether oxygens (including phenoxy) is 5. The van der Waals surface area contributed by atoms with E-state index in [4.69, 9.17) is 23.7 Å². The third-order valence-corrected chi connectivity index (χ3v) is 11.5. The summed E-state index contributed by atoms with van der Waals surface area (Å²) in [5.41, 5.74) is 3.07. The molecule has 0 spiro atoms. The van der Waals surface area contributed by atoms with E-state index in [1.807, 2.05) is 62.4 Å². The third-order valence-electron chi connectivity index (χ3n) is 10.8. The van der Waals surface area contributed by atoms with Crippen LogP contribution in [0.3, 0.4) is 0 Å². The van der Waals surface area contributed by atoms with Gasteiger partial charge >= 0.3 is 0 Å². The highest BCUT2D eigenvalue weighted by Gasteiger charge is 2.41. The lowest BCUT2D eigenvalue weighted by atomic mass is 9.99. The summed E-state index contributed by atoms with van der Waals surface area (Å²) in [6.45, 7) is 13.7. The first-order valence-electron chi connectivity index (χ1n) is 22.5. The van der Waals surface area contributed by atoms with E-state index in [1.54, 1.807) is 11.4 Å². The molecule has 366 valence electrons. The van der Waals surface area contributed by atoms with Crippen molar-refractivity contribution in [1.29, 1.82) is 0 Å². The van der Waals surface area contributed by atoms with Crippen LogP contribution in [0.4, 0.5) is 9.52 Å². The van der Waals surface area contributed by atoms with Gasteiger partial charge in [-0.3, -0.25) is 39.4 Å². The fraction of sp³-hybridized carbons (Fsp3) is 0.353. The van der Waals surface area contributed by atoms with Gasteiger partial charge in [0.1, 0.15) is 42.6 Å². The predicted molar refractivity (Wildman–Crippen MR) is 257 cm³/mol. The van der Waals surface area contributed by atoms with E-state index in [2.05, 4.69) is 28.8 Å². The van der Waals surface area contributed by atoms with E-state index >= 15 is 0 Å². The quantitative estimate of drug-likeness (QED) is 0.0215. The van der Waals surface area contributed by atoms with Crippen molar-refractivity contribution >= 4 is 52.3 Å². The van der Waals surface area contributed by atoms with Crippen molar-refractivity contribution in [2.75, 3.05) is 58.6 Å². The minimum Gasteiger partial charge on any atom is -0.491 e. The molecule has 0 bridgehead atoms. The molecule has 3 aromatic carbocycles. The maximum Gasteiger partial charge on any atom is 0.255 e. The van der Waals surface area contributed by atoms with Gasteiger partial charge in [-0.2, -0.15) is 0 Å². The number of halogens is 1. The van der Waals surface area contributed by atoms with Crippen LogP contribution < -0.4 is 15.4 Å². The number of carbonyl (C=O) groups is 6. The molecule has 2 unspecified atom stereocenters. The number of anilines is 1. The average molecular weight is 968 g/mol. The zero-order chi connectivity index (χ0) is 49.7. The number of aromatic nitrogens is 1. The maximum atomic E-state index is 14.6. The summed E-state index contributed by atoms with van der Waals surface area (Å²) in [4.78, 5) is 83.7. The molecule has 2 N–H and O–H groups in total. The monoisotopic (exact) mass is 967 g/mol. The van der Waals surface area contributed by atoms with Crippen LogP contribution >= 0.6 is 11.3 Å². The average Bonchev–Trinajstić information content (AvgIpc) is 3.99. The summed E-state index contributed by atoms with van der Waals surface area (Å²) in [7, 11) is 1.45. The molecular formula is C51H58FN5O11S. The summed E-state index contributed by atoms with van der Waals surface area (Å²) in [6.07, 6.45) is 4.58. The number of rotatable bonds is 26. The topological polar surface area (TPSA) is 192 Å². The molecule has 0 saturated carbocycles. The number of fused-ring (bicyclic) bond motifs is 1. The van der Waals surface area contributed by atoms with E-state index < -0.39 is 41.5 Å². The lowest BCUT2D eigenvalue weighted by Crippen LogP contribution is -2.53. The zero-order valence-electron chi connectivity index (χ0n) is 39.0. The first-order valence-corrected chi connectivity index (χ1v) is 23.4. The number of piperidine rings is 1. The minimum absolute atomic E-state index is 0.0111. The van der Waals surface area contributed by atoms with Crippen LogP contribution in [0.15, 0.2) is 115 Å². The van der Waals surface area contributed by atoms with E-state index in [0.717, 1.165) is 22.8 Å². The van der Waals surface area contributed by atoms with Gasteiger partial charge in [-0.1, -0.05) is 75.5 Å². The Hall–Kier alpha value is -6.86. The summed E-state index contributed by atoms with van der Waals surface area (Å²) in [5.74, 6) is -2.95. The van der Waals surface area contributed by atoms with Gasteiger partial charge in [0, 0.05) is 54.9 Å². The lowest BCUT2D eigenvalue weighted by Gasteiger charge is -2.30. The molecule has 2 aliphatic heterocycles. The standard InChI is InChI=1S/C49H52FN5O11S.C2H6/c1-32(50)27-40(33(2)66-31-34-9-5-4-6-10-34)44(46(59)53-49-51-18-26-67-49)55-29-36-12-7-11-35(43(36)48(55)61)13-8-19-62-20-21-63-22-23-64-24-25-65-38-14-15-39(37(28-38)30-56)47(60)54(3)41-16-17-42(57)52-45(41)58;1-2/h4-7,9-12,14-15,18,26-28,30,41,44H,1-2,8,13,16-17,19-25,29,31H2,3H3,(H,51,53,59)(H,52,57,58);1-2H3/b40-27+;. The molecule has 2 atom stereocenters. The smallest absolute Gasteiger partial charge is 0.255 e. The highest BCUT2D eigenvalue weighted by Crippen LogP contribution is 2.34. The van der Waals surface area contributed by atoms with Gasteiger partial charge in [-0.05, 0) is 60.2 Å². The Bertz CT molecular complexity index is 2460. The number of aldehydes is 1. The van der Waals surface area contributed by atoms with Crippen molar-refractivity contribution in [3.8, 4) is 5.75 Å². The second-order valence-corrected chi connectivity index (χ2v) is 16.3. The number of aryl methyl sites for hydroxylation is 1. The van der Waals surface area contributed by atoms with Crippen LogP contribution in [-0.2, 0) is 52.9 Å². The highest BCUT2D eigenvalue weighted by molar-refractivity contribution is 7.13. The first kappa shape index (κ1) is 53.1. The number of benzene rings is 3. The van der Waals surface area contributed by atoms with Crippen molar-refractivity contribution in [2.24, 2.45) is 0 Å². The number of likely N-dealkylation sites (N-methyl/N-ethyl adjacent to an activating group) is 1. The summed E-state index contributed by atoms with van der Waals surface area (Å²) < 4.78 is 43.3. The van der Waals surface area contributed by atoms with Crippen molar-refractivity contribution in [1.82, 2.24) is 20.1 Å². The normalized spacial score (nSPS) is 14.7. The number of carbonyl (C=O) groups excluding carboxylic acids is 6. The van der Waals surface area contributed by atoms with Crippen molar-refractivity contribution in [3.63, 3.8) is 0 Å². The minimum atomic E-state index is -1.33. The Morgan fingerprint density at radius 1 is 0.971 bits per heavy atom. The Balaban J connectivity index is 0.00000438. The second kappa shape index (κ2) is 27.2. The highest BCUT2D eigenvalue weighted by atomic mass is 32.1. The molecule has 1 aromatic heterocycles. The molecule has 3 heterocycles. The molecule has 0 radical (unpaired) electrons.